The lowest BCUT2D eigenvalue weighted by Crippen LogP contribution is -2.36. The molecule has 1 fully saturated rings. The molecule has 1 aromatic heterocycles. The second-order valence-electron chi connectivity index (χ2n) is 7.25. The summed E-state index contributed by atoms with van der Waals surface area (Å²) in [5, 5.41) is 11.3. The summed E-state index contributed by atoms with van der Waals surface area (Å²) >= 11 is 8.26. The molecule has 178 valence electrons. The van der Waals surface area contributed by atoms with Crippen LogP contribution in [0.15, 0.2) is 68.8 Å². The Hall–Kier alpha value is -3.47. The first-order chi connectivity index (χ1) is 16.7. The number of amides is 3. The zero-order valence-corrected chi connectivity index (χ0v) is 20.5. The molecule has 0 aliphatic carbocycles. The van der Waals surface area contributed by atoms with Crippen LogP contribution in [0.5, 0.6) is 0 Å². The molecule has 3 aromatic rings. The second-order valence-corrected chi connectivity index (χ2v) is 9.53. The Labute approximate surface area is 213 Å². The predicted octanol–water partition coefficient (Wildman–Crippen LogP) is 5.70. The lowest BCUT2D eigenvalue weighted by molar-refractivity contribution is -0.127. The van der Waals surface area contributed by atoms with Gasteiger partial charge in [-0.05, 0) is 60.5 Å². The Balaban J connectivity index is 1.45. The minimum Gasteiger partial charge on any atom is -0.478 e. The summed E-state index contributed by atoms with van der Waals surface area (Å²) in [7, 11) is 0. The number of halogens is 1. The van der Waals surface area contributed by atoms with Gasteiger partial charge in [0.2, 0.25) is 5.91 Å². The van der Waals surface area contributed by atoms with E-state index in [4.69, 9.17) is 21.1 Å². The molecule has 2 N–H and O–H groups in total. The van der Waals surface area contributed by atoms with Gasteiger partial charge >= 0.3 is 5.97 Å². The molecule has 3 amide bonds. The molecule has 1 aliphatic heterocycles. The van der Waals surface area contributed by atoms with Crippen LogP contribution < -0.4 is 5.32 Å². The summed E-state index contributed by atoms with van der Waals surface area (Å²) in [6, 6.07) is 14.9. The van der Waals surface area contributed by atoms with Crippen molar-refractivity contribution in [1.29, 1.82) is 0 Å². The Morgan fingerprint density at radius 2 is 1.97 bits per heavy atom. The van der Waals surface area contributed by atoms with Gasteiger partial charge in [-0.25, -0.2) is 4.79 Å². The third-order valence-electron chi connectivity index (χ3n) is 4.91. The number of carboxylic acids is 1. The number of aromatic carboxylic acids is 1. The maximum absolute atomic E-state index is 12.7. The van der Waals surface area contributed by atoms with E-state index in [1.54, 1.807) is 36.4 Å². The van der Waals surface area contributed by atoms with E-state index < -0.39 is 29.6 Å². The SMILES string of the molecule is CSc1cccc(NC(=O)CN2C(=O)S/C(=C\c3ccc(-c4ccc(C(=O)O)c(Cl)c4)o3)C2=O)c1. The van der Waals surface area contributed by atoms with Crippen LogP contribution >= 0.6 is 35.1 Å². The van der Waals surface area contributed by atoms with Gasteiger partial charge in [-0.3, -0.25) is 19.3 Å². The van der Waals surface area contributed by atoms with E-state index in [2.05, 4.69) is 5.32 Å². The van der Waals surface area contributed by atoms with Crippen LogP contribution in [0.2, 0.25) is 5.02 Å². The first-order valence-corrected chi connectivity index (χ1v) is 12.5. The second kappa shape index (κ2) is 10.4. The number of hydrogen-bond donors (Lipinski definition) is 2. The fourth-order valence-corrected chi connectivity index (χ4v) is 4.78. The Bertz CT molecular complexity index is 1380. The zero-order valence-electron chi connectivity index (χ0n) is 18.1. The van der Waals surface area contributed by atoms with Gasteiger partial charge in [-0.15, -0.1) is 11.8 Å². The van der Waals surface area contributed by atoms with Crippen molar-refractivity contribution in [2.24, 2.45) is 0 Å². The maximum Gasteiger partial charge on any atom is 0.337 e. The first-order valence-electron chi connectivity index (χ1n) is 10.1. The zero-order chi connectivity index (χ0) is 25.1. The smallest absolute Gasteiger partial charge is 0.337 e. The standard InChI is InChI=1S/C24H17ClN2O6S2/c1-34-16-4-2-3-14(10-16)26-21(28)12-27-22(29)20(35-24(27)32)11-15-6-8-19(33-15)13-5-7-17(23(30)31)18(25)9-13/h2-11H,12H2,1H3,(H,26,28)(H,30,31)/b20-11-. The highest BCUT2D eigenvalue weighted by Crippen LogP contribution is 2.34. The van der Waals surface area contributed by atoms with Crippen molar-refractivity contribution in [3.8, 4) is 11.3 Å². The molecule has 2 heterocycles. The minimum atomic E-state index is -1.14. The van der Waals surface area contributed by atoms with Gasteiger partial charge in [0.1, 0.15) is 18.1 Å². The van der Waals surface area contributed by atoms with E-state index in [9.17, 15) is 19.2 Å². The van der Waals surface area contributed by atoms with Crippen LogP contribution in [0, 0.1) is 0 Å². The molecule has 1 saturated heterocycles. The largest absolute Gasteiger partial charge is 0.478 e. The number of anilines is 1. The minimum absolute atomic E-state index is 0.0307. The van der Waals surface area contributed by atoms with Crippen molar-refractivity contribution >= 4 is 69.9 Å². The number of rotatable bonds is 7. The number of carbonyl (C=O) groups excluding carboxylic acids is 3. The van der Waals surface area contributed by atoms with E-state index in [0.29, 0.717) is 34.5 Å². The van der Waals surface area contributed by atoms with E-state index in [1.807, 2.05) is 12.3 Å². The summed E-state index contributed by atoms with van der Waals surface area (Å²) in [5.41, 5.74) is 1.09. The van der Waals surface area contributed by atoms with Crippen molar-refractivity contribution < 1.29 is 28.7 Å². The lowest BCUT2D eigenvalue weighted by Gasteiger charge is -2.12. The van der Waals surface area contributed by atoms with Gasteiger partial charge < -0.3 is 14.8 Å². The molecule has 0 saturated carbocycles. The summed E-state index contributed by atoms with van der Waals surface area (Å²) in [4.78, 5) is 50.6. The summed E-state index contributed by atoms with van der Waals surface area (Å²) in [6.07, 6.45) is 3.33. The Morgan fingerprint density at radius 1 is 1.17 bits per heavy atom. The number of benzene rings is 2. The van der Waals surface area contributed by atoms with Gasteiger partial charge in [0, 0.05) is 22.2 Å². The van der Waals surface area contributed by atoms with Gasteiger partial charge in [0.05, 0.1) is 15.5 Å². The lowest BCUT2D eigenvalue weighted by atomic mass is 10.1. The van der Waals surface area contributed by atoms with Crippen molar-refractivity contribution in [1.82, 2.24) is 4.90 Å². The van der Waals surface area contributed by atoms with Crippen molar-refractivity contribution in [3.05, 3.63) is 75.8 Å². The van der Waals surface area contributed by atoms with Gasteiger partial charge in [0.25, 0.3) is 11.1 Å². The number of carbonyl (C=O) groups is 4. The fourth-order valence-electron chi connectivity index (χ4n) is 3.24. The highest BCUT2D eigenvalue weighted by Gasteiger charge is 2.36. The monoisotopic (exact) mass is 528 g/mol. The molecule has 0 unspecified atom stereocenters. The average Bonchev–Trinajstić information content (AvgIpc) is 3.39. The van der Waals surface area contributed by atoms with E-state index in [-0.39, 0.29) is 15.5 Å². The topological polar surface area (TPSA) is 117 Å². The maximum atomic E-state index is 12.7. The molecule has 0 bridgehead atoms. The van der Waals surface area contributed by atoms with Crippen molar-refractivity contribution in [2.45, 2.75) is 4.90 Å². The average molecular weight is 529 g/mol. The fraction of sp³-hybridized carbons (Fsp3) is 0.0833. The number of nitrogens with zero attached hydrogens (tertiary/aromatic N) is 1. The molecule has 4 rings (SSSR count). The van der Waals surface area contributed by atoms with E-state index >= 15 is 0 Å². The number of nitrogens with one attached hydrogen (secondary N) is 1. The van der Waals surface area contributed by atoms with Crippen LogP contribution in [0.4, 0.5) is 10.5 Å². The number of imide groups is 1. The number of hydrogen-bond acceptors (Lipinski definition) is 7. The van der Waals surface area contributed by atoms with Gasteiger partial charge in [-0.2, -0.15) is 0 Å². The van der Waals surface area contributed by atoms with Crippen LogP contribution in [0.25, 0.3) is 17.4 Å². The van der Waals surface area contributed by atoms with Gasteiger partial charge in [-0.1, -0.05) is 23.7 Å². The molecule has 0 spiro atoms. The van der Waals surface area contributed by atoms with Crippen LogP contribution in [-0.4, -0.2) is 45.8 Å². The molecular weight excluding hydrogens is 512 g/mol. The Morgan fingerprint density at radius 3 is 2.69 bits per heavy atom. The number of carboxylic acid groups (broad SMARTS) is 1. The van der Waals surface area contributed by atoms with Gasteiger partial charge in [0.15, 0.2) is 0 Å². The van der Waals surface area contributed by atoms with E-state index in [0.717, 1.165) is 9.80 Å². The first kappa shape index (κ1) is 24.6. The van der Waals surface area contributed by atoms with Crippen molar-refractivity contribution in [3.63, 3.8) is 0 Å². The molecule has 8 nitrogen and oxygen atoms in total. The summed E-state index contributed by atoms with van der Waals surface area (Å²) in [5.74, 6) is -1.52. The number of furan rings is 1. The predicted molar refractivity (Wildman–Crippen MR) is 136 cm³/mol. The van der Waals surface area contributed by atoms with Crippen LogP contribution in [0.1, 0.15) is 16.1 Å². The molecule has 11 heteroatoms. The molecule has 35 heavy (non-hydrogen) atoms. The third kappa shape index (κ3) is 5.61. The summed E-state index contributed by atoms with van der Waals surface area (Å²) in [6.45, 7) is -0.413. The molecular formula is C24H17ClN2O6S2. The molecule has 0 atom stereocenters. The quantitative estimate of drug-likeness (QED) is 0.296. The van der Waals surface area contributed by atoms with Crippen LogP contribution in [-0.2, 0) is 9.59 Å². The molecule has 2 aromatic carbocycles. The Kier molecular flexibility index (Phi) is 7.34. The van der Waals surface area contributed by atoms with Crippen molar-refractivity contribution in [2.75, 3.05) is 18.1 Å². The van der Waals surface area contributed by atoms with Crippen LogP contribution in [0.3, 0.4) is 0 Å². The normalized spacial score (nSPS) is 14.6. The molecule has 1 aliphatic rings. The van der Waals surface area contributed by atoms with E-state index in [1.165, 1.54) is 30.0 Å². The molecule has 0 radical (unpaired) electrons. The highest BCUT2D eigenvalue weighted by atomic mass is 35.5. The number of thioether (sulfide) groups is 2. The highest BCUT2D eigenvalue weighted by molar-refractivity contribution is 8.18. The summed E-state index contributed by atoms with van der Waals surface area (Å²) < 4.78 is 5.73. The third-order valence-corrected chi connectivity index (χ3v) is 6.86.